The molecule has 1 aliphatic rings. The molecule has 0 spiro atoms. The second kappa shape index (κ2) is 8.78. The fourth-order valence-electron chi connectivity index (χ4n) is 3.31. The van der Waals surface area contributed by atoms with E-state index in [1.165, 1.54) is 6.92 Å². The number of aromatic nitrogens is 3. The highest BCUT2D eigenvalue weighted by Crippen LogP contribution is 2.23. The van der Waals surface area contributed by atoms with Gasteiger partial charge in [-0.2, -0.15) is 5.10 Å². The van der Waals surface area contributed by atoms with Gasteiger partial charge in [-0.15, -0.1) is 0 Å². The van der Waals surface area contributed by atoms with Gasteiger partial charge in [-0.1, -0.05) is 30.3 Å². The Morgan fingerprint density at radius 2 is 2.00 bits per heavy atom. The van der Waals surface area contributed by atoms with Crippen LogP contribution in [0, 0.1) is 0 Å². The van der Waals surface area contributed by atoms with E-state index in [1.807, 2.05) is 30.3 Å². The van der Waals surface area contributed by atoms with Gasteiger partial charge in [0, 0.05) is 37.2 Å². The third-order valence-electron chi connectivity index (χ3n) is 4.86. The van der Waals surface area contributed by atoms with E-state index in [9.17, 15) is 14.4 Å². The van der Waals surface area contributed by atoms with Crippen molar-refractivity contribution in [1.29, 1.82) is 0 Å². The fourth-order valence-corrected chi connectivity index (χ4v) is 3.31. The third-order valence-corrected chi connectivity index (χ3v) is 4.86. The quantitative estimate of drug-likeness (QED) is 0.613. The third kappa shape index (κ3) is 4.45. The molecule has 9 heteroatoms. The number of carbonyl (C=O) groups is 3. The Morgan fingerprint density at radius 1 is 1.19 bits per heavy atom. The van der Waals surface area contributed by atoms with Crippen molar-refractivity contribution in [2.45, 2.75) is 19.6 Å². The zero-order chi connectivity index (χ0) is 21.8. The van der Waals surface area contributed by atoms with Crippen molar-refractivity contribution in [3.63, 3.8) is 0 Å². The van der Waals surface area contributed by atoms with Gasteiger partial charge in [-0.05, 0) is 24.6 Å². The van der Waals surface area contributed by atoms with Gasteiger partial charge in [0.1, 0.15) is 11.3 Å². The van der Waals surface area contributed by atoms with Crippen LogP contribution in [0.1, 0.15) is 22.8 Å². The SMILES string of the molecule is C[C@@H](OC(=O)c1cn(Cc2ccccc2)nc1-c1cccnc1)C(=O)N1CCNC1=O. The predicted molar refractivity (Wildman–Crippen MR) is 111 cm³/mol. The summed E-state index contributed by atoms with van der Waals surface area (Å²) in [4.78, 5) is 42.3. The Hall–Kier alpha value is -4.01. The molecule has 3 aromatic rings. The number of hydrogen-bond acceptors (Lipinski definition) is 6. The number of esters is 1. The molecule has 158 valence electrons. The van der Waals surface area contributed by atoms with Crippen LogP contribution in [0.25, 0.3) is 11.3 Å². The second-order valence-corrected chi connectivity index (χ2v) is 7.09. The lowest BCUT2D eigenvalue weighted by Crippen LogP contribution is -2.41. The maximum Gasteiger partial charge on any atom is 0.342 e. The fraction of sp³-hybridized carbons (Fsp3) is 0.227. The molecule has 31 heavy (non-hydrogen) atoms. The molecule has 0 aliphatic carbocycles. The molecule has 3 heterocycles. The zero-order valence-electron chi connectivity index (χ0n) is 16.9. The lowest BCUT2D eigenvalue weighted by Gasteiger charge is -2.18. The predicted octanol–water partition coefficient (Wildman–Crippen LogP) is 2.09. The average Bonchev–Trinajstić information content (AvgIpc) is 3.41. The number of carbonyl (C=O) groups excluding carboxylic acids is 3. The number of rotatable bonds is 6. The highest BCUT2D eigenvalue weighted by atomic mass is 16.5. The smallest absolute Gasteiger partial charge is 0.342 e. The van der Waals surface area contributed by atoms with Crippen LogP contribution in [0.15, 0.2) is 61.1 Å². The van der Waals surface area contributed by atoms with E-state index in [-0.39, 0.29) is 12.1 Å². The summed E-state index contributed by atoms with van der Waals surface area (Å²) in [7, 11) is 0. The number of nitrogens with one attached hydrogen (secondary N) is 1. The Morgan fingerprint density at radius 3 is 2.68 bits per heavy atom. The monoisotopic (exact) mass is 419 g/mol. The highest BCUT2D eigenvalue weighted by Gasteiger charge is 2.32. The first kappa shape index (κ1) is 20.3. The second-order valence-electron chi connectivity index (χ2n) is 7.09. The van der Waals surface area contributed by atoms with E-state index in [2.05, 4.69) is 15.4 Å². The van der Waals surface area contributed by atoms with Gasteiger partial charge >= 0.3 is 12.0 Å². The minimum Gasteiger partial charge on any atom is -0.449 e. The number of nitrogens with zero attached hydrogens (tertiary/aromatic N) is 4. The summed E-state index contributed by atoms with van der Waals surface area (Å²) in [5.41, 5.74) is 2.30. The summed E-state index contributed by atoms with van der Waals surface area (Å²) in [6, 6.07) is 12.8. The molecular weight excluding hydrogens is 398 g/mol. The molecule has 0 radical (unpaired) electrons. The van der Waals surface area contributed by atoms with E-state index >= 15 is 0 Å². The van der Waals surface area contributed by atoms with Gasteiger partial charge in [-0.25, -0.2) is 9.59 Å². The zero-order valence-corrected chi connectivity index (χ0v) is 16.9. The number of hydrogen-bond donors (Lipinski definition) is 1. The topological polar surface area (TPSA) is 106 Å². The molecule has 1 aliphatic heterocycles. The molecule has 1 fully saturated rings. The van der Waals surface area contributed by atoms with Crippen molar-refractivity contribution in [2.24, 2.45) is 0 Å². The summed E-state index contributed by atoms with van der Waals surface area (Å²) in [5, 5.41) is 7.11. The number of amides is 3. The first-order chi connectivity index (χ1) is 15.0. The molecule has 1 N–H and O–H groups in total. The molecule has 9 nitrogen and oxygen atoms in total. The maximum atomic E-state index is 12.9. The van der Waals surface area contributed by atoms with E-state index in [0.29, 0.717) is 24.3 Å². The molecule has 4 rings (SSSR count). The van der Waals surface area contributed by atoms with E-state index in [4.69, 9.17) is 4.74 Å². The summed E-state index contributed by atoms with van der Waals surface area (Å²) in [6.45, 7) is 2.53. The lowest BCUT2D eigenvalue weighted by atomic mass is 10.1. The van der Waals surface area contributed by atoms with Crippen molar-refractivity contribution < 1.29 is 19.1 Å². The molecular formula is C22H21N5O4. The largest absolute Gasteiger partial charge is 0.449 e. The van der Waals surface area contributed by atoms with Gasteiger partial charge in [0.25, 0.3) is 5.91 Å². The summed E-state index contributed by atoms with van der Waals surface area (Å²) in [6.07, 6.45) is 3.71. The number of imide groups is 1. The van der Waals surface area contributed by atoms with Crippen LogP contribution in [0.4, 0.5) is 4.79 Å². The van der Waals surface area contributed by atoms with Gasteiger partial charge in [0.15, 0.2) is 6.10 Å². The van der Waals surface area contributed by atoms with Crippen LogP contribution in [0.2, 0.25) is 0 Å². The van der Waals surface area contributed by atoms with Crippen LogP contribution < -0.4 is 5.32 Å². The van der Waals surface area contributed by atoms with Crippen LogP contribution in [0.3, 0.4) is 0 Å². The van der Waals surface area contributed by atoms with Crippen molar-refractivity contribution >= 4 is 17.9 Å². The average molecular weight is 419 g/mol. The molecule has 0 bridgehead atoms. The Balaban J connectivity index is 1.58. The van der Waals surface area contributed by atoms with Gasteiger partial charge in [0.2, 0.25) is 0 Å². The van der Waals surface area contributed by atoms with Gasteiger partial charge in [-0.3, -0.25) is 19.4 Å². The molecule has 2 aromatic heterocycles. The molecule has 1 aromatic carbocycles. The molecule has 0 saturated carbocycles. The van der Waals surface area contributed by atoms with Crippen molar-refractivity contribution in [1.82, 2.24) is 25.0 Å². The van der Waals surface area contributed by atoms with E-state index in [1.54, 1.807) is 35.4 Å². The Labute approximate surface area is 178 Å². The minimum absolute atomic E-state index is 0.217. The molecule has 3 amide bonds. The molecule has 1 saturated heterocycles. The standard InChI is InChI=1S/C22H21N5O4/c1-15(20(28)27-11-10-24-22(27)30)31-21(29)18-14-26(13-16-6-3-2-4-7-16)25-19(18)17-8-5-9-23-12-17/h2-9,12,14-15H,10-11,13H2,1H3,(H,24,30)/t15-/m1/s1. The van der Waals surface area contributed by atoms with E-state index < -0.39 is 24.0 Å². The molecule has 1 atom stereocenters. The van der Waals surface area contributed by atoms with Crippen LogP contribution in [-0.2, 0) is 16.1 Å². The number of urea groups is 1. The Bertz CT molecular complexity index is 1100. The minimum atomic E-state index is -1.12. The summed E-state index contributed by atoms with van der Waals surface area (Å²) >= 11 is 0. The maximum absolute atomic E-state index is 12.9. The number of benzene rings is 1. The van der Waals surface area contributed by atoms with Gasteiger partial charge < -0.3 is 10.1 Å². The van der Waals surface area contributed by atoms with Crippen LogP contribution in [-0.4, -0.2) is 56.8 Å². The first-order valence-electron chi connectivity index (χ1n) is 9.85. The summed E-state index contributed by atoms with van der Waals surface area (Å²) < 4.78 is 7.05. The Kier molecular flexibility index (Phi) is 5.74. The van der Waals surface area contributed by atoms with Crippen molar-refractivity contribution in [3.05, 3.63) is 72.2 Å². The van der Waals surface area contributed by atoms with Gasteiger partial charge in [0.05, 0.1) is 6.54 Å². The number of pyridine rings is 1. The normalized spacial score (nSPS) is 14.2. The van der Waals surface area contributed by atoms with Crippen molar-refractivity contribution in [3.8, 4) is 11.3 Å². The van der Waals surface area contributed by atoms with E-state index in [0.717, 1.165) is 10.5 Å². The molecule has 0 unspecified atom stereocenters. The lowest BCUT2D eigenvalue weighted by molar-refractivity contribution is -0.136. The highest BCUT2D eigenvalue weighted by molar-refractivity contribution is 6.01. The van der Waals surface area contributed by atoms with Crippen LogP contribution in [0.5, 0.6) is 0 Å². The van der Waals surface area contributed by atoms with Crippen molar-refractivity contribution in [2.75, 3.05) is 13.1 Å². The number of ether oxygens (including phenoxy) is 1. The first-order valence-corrected chi connectivity index (χ1v) is 9.85. The van der Waals surface area contributed by atoms with Crippen LogP contribution >= 0.6 is 0 Å². The summed E-state index contributed by atoms with van der Waals surface area (Å²) in [5.74, 6) is -1.26.